The summed E-state index contributed by atoms with van der Waals surface area (Å²) in [4.78, 5) is 4.34. The molecule has 0 aliphatic carbocycles. The number of rotatable bonds is 4. The first-order valence-corrected chi connectivity index (χ1v) is 7.98. The van der Waals surface area contributed by atoms with Gasteiger partial charge in [-0.1, -0.05) is 47.5 Å². The van der Waals surface area contributed by atoms with Crippen molar-refractivity contribution in [3.63, 3.8) is 0 Å². The van der Waals surface area contributed by atoms with Crippen LogP contribution < -0.4 is 0 Å². The third kappa shape index (κ3) is 3.78. The fourth-order valence-electron chi connectivity index (χ4n) is 1.71. The van der Waals surface area contributed by atoms with E-state index in [-0.39, 0.29) is 5.88 Å². The fraction of sp³-hybridized carbons (Fsp3) is 0.188. The van der Waals surface area contributed by atoms with Crippen LogP contribution in [0, 0.1) is 13.8 Å². The van der Waals surface area contributed by atoms with Crippen LogP contribution in [-0.4, -0.2) is 20.5 Å². The van der Waals surface area contributed by atoms with Crippen molar-refractivity contribution in [2.75, 3.05) is 5.88 Å². The van der Waals surface area contributed by atoms with Crippen molar-refractivity contribution in [3.05, 3.63) is 65.2 Å². The lowest BCUT2D eigenvalue weighted by molar-refractivity contribution is 0.596. The highest BCUT2D eigenvalue weighted by molar-refractivity contribution is 7.91. The van der Waals surface area contributed by atoms with Crippen molar-refractivity contribution in [3.8, 4) is 0 Å². The molecule has 0 saturated heterocycles. The average molecular weight is 287 g/mol. The first kappa shape index (κ1) is 14.5. The molecule has 0 amide bonds. The number of hydrogen-bond donors (Lipinski definition) is 0. The molecule has 4 heteroatoms. The molecule has 0 fully saturated rings. The summed E-state index contributed by atoms with van der Waals surface area (Å²) in [6.07, 6.45) is 1.59. The molecule has 0 bridgehead atoms. The zero-order chi connectivity index (χ0) is 14.6. The van der Waals surface area contributed by atoms with Gasteiger partial charge in [0.05, 0.1) is 4.90 Å². The van der Waals surface area contributed by atoms with Crippen LogP contribution in [0.4, 0.5) is 0 Å². The topological polar surface area (TPSA) is 46.5 Å². The Hall–Kier alpha value is -1.94. The molecule has 2 rings (SSSR count). The molecular weight excluding hydrogens is 270 g/mol. The molecule has 0 aliphatic heterocycles. The second kappa shape index (κ2) is 6.01. The molecule has 0 aliphatic rings. The summed E-state index contributed by atoms with van der Waals surface area (Å²) in [6, 6.07) is 14.6. The zero-order valence-corrected chi connectivity index (χ0v) is 12.4. The van der Waals surface area contributed by atoms with Gasteiger partial charge in [-0.15, -0.1) is 0 Å². The average Bonchev–Trinajstić information content (AvgIpc) is 2.41. The van der Waals surface area contributed by atoms with Gasteiger partial charge in [0.1, 0.15) is 5.88 Å². The van der Waals surface area contributed by atoms with Crippen molar-refractivity contribution in [2.24, 2.45) is 4.99 Å². The molecule has 2 aromatic rings. The third-order valence-corrected chi connectivity index (χ3v) is 4.42. The summed E-state index contributed by atoms with van der Waals surface area (Å²) in [5, 5.41) is 0. The van der Waals surface area contributed by atoms with E-state index in [0.29, 0.717) is 4.90 Å². The first-order valence-electron chi connectivity index (χ1n) is 6.33. The summed E-state index contributed by atoms with van der Waals surface area (Å²) in [7, 11) is -3.35. The highest BCUT2D eigenvalue weighted by atomic mass is 32.2. The first-order chi connectivity index (χ1) is 9.47. The summed E-state index contributed by atoms with van der Waals surface area (Å²) >= 11 is 0. The number of aliphatic imine (C=N–C) groups is 1. The van der Waals surface area contributed by atoms with Crippen molar-refractivity contribution in [1.82, 2.24) is 0 Å². The summed E-state index contributed by atoms with van der Waals surface area (Å²) in [5.74, 6) is -0.232. The SMILES string of the molecule is Cc1ccc(/C=N/CS(=O)(=O)c2ccc(C)cc2)cc1. The lowest BCUT2D eigenvalue weighted by atomic mass is 10.2. The highest BCUT2D eigenvalue weighted by Crippen LogP contribution is 2.12. The second-order valence-electron chi connectivity index (χ2n) is 4.78. The van der Waals surface area contributed by atoms with E-state index in [0.717, 1.165) is 16.7 Å². The minimum absolute atomic E-state index is 0.232. The van der Waals surface area contributed by atoms with Crippen LogP contribution >= 0.6 is 0 Å². The molecule has 0 spiro atoms. The van der Waals surface area contributed by atoms with Gasteiger partial charge in [0, 0.05) is 6.21 Å². The van der Waals surface area contributed by atoms with Crippen LogP contribution in [0.1, 0.15) is 16.7 Å². The van der Waals surface area contributed by atoms with Crippen LogP contribution in [0.25, 0.3) is 0 Å². The molecule has 0 atom stereocenters. The van der Waals surface area contributed by atoms with Crippen LogP contribution in [0.2, 0.25) is 0 Å². The minimum Gasteiger partial charge on any atom is -0.276 e. The molecule has 20 heavy (non-hydrogen) atoms. The Labute approximate surface area is 119 Å². The van der Waals surface area contributed by atoms with E-state index in [9.17, 15) is 8.42 Å². The van der Waals surface area contributed by atoms with Gasteiger partial charge in [-0.2, -0.15) is 0 Å². The van der Waals surface area contributed by atoms with Gasteiger partial charge >= 0.3 is 0 Å². The van der Waals surface area contributed by atoms with Crippen LogP contribution in [-0.2, 0) is 9.84 Å². The molecule has 0 unspecified atom stereocenters. The number of benzene rings is 2. The Morgan fingerprint density at radius 2 is 1.40 bits per heavy atom. The van der Waals surface area contributed by atoms with E-state index in [2.05, 4.69) is 4.99 Å². The molecule has 0 radical (unpaired) electrons. The minimum atomic E-state index is -3.35. The monoisotopic (exact) mass is 287 g/mol. The summed E-state index contributed by atoms with van der Waals surface area (Å²) in [5.41, 5.74) is 3.09. The Balaban J connectivity index is 2.09. The Kier molecular flexibility index (Phi) is 4.35. The van der Waals surface area contributed by atoms with Gasteiger partial charge in [-0.05, 0) is 31.5 Å². The van der Waals surface area contributed by atoms with Gasteiger partial charge in [0.2, 0.25) is 0 Å². The van der Waals surface area contributed by atoms with Crippen LogP contribution in [0.5, 0.6) is 0 Å². The van der Waals surface area contributed by atoms with E-state index in [4.69, 9.17) is 0 Å². The van der Waals surface area contributed by atoms with Crippen molar-refractivity contribution < 1.29 is 8.42 Å². The number of sulfone groups is 1. The largest absolute Gasteiger partial charge is 0.276 e. The van der Waals surface area contributed by atoms with Gasteiger partial charge < -0.3 is 0 Å². The second-order valence-corrected chi connectivity index (χ2v) is 6.74. The smallest absolute Gasteiger partial charge is 0.198 e. The van der Waals surface area contributed by atoms with E-state index < -0.39 is 9.84 Å². The number of nitrogens with zero attached hydrogens (tertiary/aromatic N) is 1. The van der Waals surface area contributed by atoms with Crippen LogP contribution in [0.3, 0.4) is 0 Å². The maximum absolute atomic E-state index is 12.1. The molecule has 0 N–H and O–H groups in total. The predicted octanol–water partition coefficient (Wildman–Crippen LogP) is 3.15. The van der Waals surface area contributed by atoms with Gasteiger partial charge in [-0.3, -0.25) is 4.99 Å². The van der Waals surface area contributed by atoms with Gasteiger partial charge in [0.25, 0.3) is 0 Å². The summed E-state index contributed by atoms with van der Waals surface area (Å²) < 4.78 is 24.1. The van der Waals surface area contributed by atoms with E-state index in [1.807, 2.05) is 38.1 Å². The number of aryl methyl sites for hydroxylation is 2. The molecule has 0 heterocycles. The Morgan fingerprint density at radius 3 is 1.95 bits per heavy atom. The maximum Gasteiger partial charge on any atom is 0.198 e. The lowest BCUT2D eigenvalue weighted by Crippen LogP contribution is -2.05. The number of hydrogen-bond acceptors (Lipinski definition) is 3. The molecule has 2 aromatic carbocycles. The lowest BCUT2D eigenvalue weighted by Gasteiger charge is -2.01. The highest BCUT2D eigenvalue weighted by Gasteiger charge is 2.12. The molecule has 104 valence electrons. The maximum atomic E-state index is 12.1. The van der Waals surface area contributed by atoms with E-state index >= 15 is 0 Å². The van der Waals surface area contributed by atoms with Crippen molar-refractivity contribution >= 4 is 16.1 Å². The Morgan fingerprint density at radius 1 is 0.900 bits per heavy atom. The van der Waals surface area contributed by atoms with E-state index in [1.165, 1.54) is 0 Å². The molecular formula is C16H17NO2S. The van der Waals surface area contributed by atoms with Crippen molar-refractivity contribution in [1.29, 1.82) is 0 Å². The normalized spacial score (nSPS) is 11.9. The molecule has 0 aromatic heterocycles. The molecule has 0 saturated carbocycles. The fourth-order valence-corrected chi connectivity index (χ4v) is 2.68. The summed E-state index contributed by atoms with van der Waals surface area (Å²) in [6.45, 7) is 3.93. The molecule has 3 nitrogen and oxygen atoms in total. The third-order valence-electron chi connectivity index (χ3n) is 2.94. The van der Waals surface area contributed by atoms with Gasteiger partial charge in [0.15, 0.2) is 9.84 Å². The van der Waals surface area contributed by atoms with E-state index in [1.54, 1.807) is 30.5 Å². The standard InChI is InChI=1S/C16H17NO2S/c1-13-3-7-15(8-4-13)11-17-12-20(18,19)16-9-5-14(2)6-10-16/h3-11H,12H2,1-2H3/b17-11+. The van der Waals surface area contributed by atoms with Gasteiger partial charge in [-0.25, -0.2) is 8.42 Å². The zero-order valence-electron chi connectivity index (χ0n) is 11.6. The van der Waals surface area contributed by atoms with Crippen LogP contribution in [0.15, 0.2) is 58.4 Å². The van der Waals surface area contributed by atoms with Crippen molar-refractivity contribution in [2.45, 2.75) is 18.7 Å². The quantitative estimate of drug-likeness (QED) is 0.811. The predicted molar refractivity (Wildman–Crippen MR) is 82.0 cm³/mol. The Bertz CT molecular complexity index is 699.